The highest BCUT2D eigenvalue weighted by Crippen LogP contribution is 2.66. The zero-order valence-electron chi connectivity index (χ0n) is 27.7. The lowest BCUT2D eigenvalue weighted by atomic mass is 10.2. The molecule has 1 aromatic heterocycles. The number of phosphoric ester groups is 1. The lowest BCUT2D eigenvalue weighted by Gasteiger charge is -2.19. The number of hydrogen-bond donors (Lipinski definition) is 8. The topological polar surface area (TPSA) is 339 Å². The molecule has 1 fully saturated rings. The van der Waals surface area contributed by atoms with Crippen LogP contribution in [0.25, 0.3) is 0 Å². The van der Waals surface area contributed by atoms with Crippen LogP contribution in [0.5, 0.6) is 0 Å². The van der Waals surface area contributed by atoms with E-state index in [1.54, 1.807) is 0 Å². The fraction of sp³-hybridized carbons (Fsp3) is 0.680. The molecule has 0 spiro atoms. The molecule has 8 N–H and O–H groups in total. The zero-order valence-corrected chi connectivity index (χ0v) is 30.3. The molecule has 0 radical (unpaired) electrons. The minimum atomic E-state index is -5.77. The zero-order chi connectivity index (χ0) is 38.8. The van der Waals surface area contributed by atoms with Crippen molar-refractivity contribution < 1.29 is 84.8 Å². The van der Waals surface area contributed by atoms with Crippen molar-refractivity contribution in [2.75, 3.05) is 72.6 Å². The smallest absolute Gasteiger partial charge is 0.390 e. The van der Waals surface area contributed by atoms with Crippen LogP contribution in [0.2, 0.25) is 0 Å². The lowest BCUT2D eigenvalue weighted by Crippen LogP contribution is -2.34. The van der Waals surface area contributed by atoms with Crippen molar-refractivity contribution in [1.29, 1.82) is 0 Å². The number of nitrogens with one attached hydrogen (secondary N) is 3. The first kappa shape index (κ1) is 45.5. The minimum absolute atomic E-state index is 0.0166. The Morgan fingerprint density at radius 2 is 1.52 bits per heavy atom. The molecule has 0 aliphatic carbocycles. The van der Waals surface area contributed by atoms with Gasteiger partial charge in [-0.2, -0.15) is 8.62 Å². The summed E-state index contributed by atoms with van der Waals surface area (Å²) in [7, 11) is -16.9. The standard InChI is InChI=1S/C25H41N4O20P3/c1-18(30)26-6-8-43-10-12-45-14-13-44-11-9-42-7-4-22(32)27-5-2-3-19-16-29(25(34)28-24(19)33)23-15-20(31)21(47-23)17-46-51(38,39)49-52(40,41)48-50(35,36)37/h16,20-21,23,31H,4-15,17H2,1H3,(H,26,30)(H,27,32)(H,38,39)(H,40,41)(H,28,33,34)(H2,35,36,37)/t20-,21+,23+/m0/s1. The quantitative estimate of drug-likeness (QED) is 0.0306. The first-order valence-corrected chi connectivity index (χ1v) is 19.7. The van der Waals surface area contributed by atoms with E-state index >= 15 is 0 Å². The molecule has 5 atom stereocenters. The molecular weight excluding hydrogens is 769 g/mol. The number of phosphoric acid groups is 3. The molecular formula is C25H41N4O20P3. The van der Waals surface area contributed by atoms with Crippen LogP contribution in [0.4, 0.5) is 0 Å². The third-order valence-corrected chi connectivity index (χ3v) is 9.91. The molecule has 2 rings (SSSR count). The first-order chi connectivity index (χ1) is 24.4. The van der Waals surface area contributed by atoms with Gasteiger partial charge in [0.25, 0.3) is 5.56 Å². The van der Waals surface area contributed by atoms with Gasteiger partial charge in [-0.3, -0.25) is 28.5 Å². The fourth-order valence-electron chi connectivity index (χ4n) is 3.89. The summed E-state index contributed by atoms with van der Waals surface area (Å²) in [5.74, 6) is 4.54. The summed E-state index contributed by atoms with van der Waals surface area (Å²) in [6.07, 6.45) is -3.40. The second-order valence-electron chi connectivity index (χ2n) is 10.3. The van der Waals surface area contributed by atoms with E-state index < -0.39 is 65.7 Å². The summed E-state index contributed by atoms with van der Waals surface area (Å²) in [5.41, 5.74) is -2.05. The van der Waals surface area contributed by atoms with Crippen molar-refractivity contribution in [2.24, 2.45) is 0 Å². The van der Waals surface area contributed by atoms with E-state index in [1.807, 2.05) is 4.98 Å². The highest BCUT2D eigenvalue weighted by atomic mass is 31.3. The second-order valence-corrected chi connectivity index (χ2v) is 14.7. The molecule has 1 aliphatic heterocycles. The fourth-order valence-corrected chi connectivity index (χ4v) is 6.92. The number of carbonyl (C=O) groups is 2. The van der Waals surface area contributed by atoms with Crippen LogP contribution in [0.3, 0.4) is 0 Å². The van der Waals surface area contributed by atoms with E-state index in [0.717, 1.165) is 10.8 Å². The number of aliphatic hydroxyl groups is 1. The van der Waals surface area contributed by atoms with Crippen molar-refractivity contribution in [3.05, 3.63) is 32.6 Å². The number of carbonyl (C=O) groups excluding carboxylic acids is 2. The minimum Gasteiger partial charge on any atom is -0.390 e. The number of hydrogen-bond acceptors (Lipinski definition) is 16. The van der Waals surface area contributed by atoms with Gasteiger partial charge in [-0.1, -0.05) is 11.8 Å². The Balaban J connectivity index is 1.69. The molecule has 296 valence electrons. The Labute approximate surface area is 295 Å². The van der Waals surface area contributed by atoms with Gasteiger partial charge < -0.3 is 59.0 Å². The first-order valence-electron chi connectivity index (χ1n) is 15.2. The molecule has 0 bridgehead atoms. The van der Waals surface area contributed by atoms with E-state index in [0.29, 0.717) is 39.6 Å². The van der Waals surface area contributed by atoms with Gasteiger partial charge in [0.2, 0.25) is 11.8 Å². The molecule has 0 saturated carbocycles. The Morgan fingerprint density at radius 3 is 2.12 bits per heavy atom. The molecule has 2 amide bonds. The van der Waals surface area contributed by atoms with Gasteiger partial charge in [0.1, 0.15) is 17.9 Å². The van der Waals surface area contributed by atoms with Crippen LogP contribution < -0.4 is 21.9 Å². The molecule has 1 saturated heterocycles. The predicted molar refractivity (Wildman–Crippen MR) is 172 cm³/mol. The third-order valence-electron chi connectivity index (χ3n) is 6.11. The van der Waals surface area contributed by atoms with Gasteiger partial charge in [-0.25, -0.2) is 18.5 Å². The number of nitrogens with zero attached hydrogens (tertiary/aromatic N) is 1. The maximum Gasteiger partial charge on any atom is 0.490 e. The van der Waals surface area contributed by atoms with Crippen LogP contribution >= 0.6 is 23.5 Å². The van der Waals surface area contributed by atoms with Gasteiger partial charge >= 0.3 is 29.2 Å². The summed E-state index contributed by atoms with van der Waals surface area (Å²) in [5, 5.41) is 15.4. The number of aromatic amines is 1. The van der Waals surface area contributed by atoms with Crippen LogP contribution in [0, 0.1) is 11.8 Å². The van der Waals surface area contributed by atoms with Crippen LogP contribution in [-0.2, 0) is 60.1 Å². The average molecular weight is 811 g/mol. The Morgan fingerprint density at radius 1 is 0.923 bits per heavy atom. The van der Waals surface area contributed by atoms with Crippen molar-refractivity contribution in [3.63, 3.8) is 0 Å². The van der Waals surface area contributed by atoms with Crippen molar-refractivity contribution in [2.45, 2.75) is 38.2 Å². The summed E-state index contributed by atoms with van der Waals surface area (Å²) < 4.78 is 73.4. The summed E-state index contributed by atoms with van der Waals surface area (Å²) >= 11 is 0. The molecule has 1 aromatic rings. The van der Waals surface area contributed by atoms with Crippen molar-refractivity contribution in [3.8, 4) is 11.8 Å². The Kier molecular flexibility index (Phi) is 19.7. The molecule has 52 heavy (non-hydrogen) atoms. The Bertz CT molecular complexity index is 1640. The summed E-state index contributed by atoms with van der Waals surface area (Å²) in [6.45, 7) is 3.21. The molecule has 1 aliphatic rings. The van der Waals surface area contributed by atoms with Gasteiger partial charge in [0, 0.05) is 32.5 Å². The van der Waals surface area contributed by atoms with Crippen LogP contribution in [0.15, 0.2) is 15.8 Å². The van der Waals surface area contributed by atoms with E-state index in [9.17, 15) is 47.8 Å². The number of aromatic nitrogens is 2. The van der Waals surface area contributed by atoms with E-state index in [-0.39, 0.29) is 50.7 Å². The van der Waals surface area contributed by atoms with Gasteiger partial charge in [-0.15, -0.1) is 0 Å². The number of aliphatic hydroxyl groups excluding tert-OH is 1. The van der Waals surface area contributed by atoms with Crippen molar-refractivity contribution in [1.82, 2.24) is 20.2 Å². The monoisotopic (exact) mass is 810 g/mol. The van der Waals surface area contributed by atoms with E-state index in [2.05, 4.69) is 35.6 Å². The van der Waals surface area contributed by atoms with Gasteiger partial charge in [0.15, 0.2) is 0 Å². The molecule has 0 aromatic carbocycles. The SMILES string of the molecule is CC(=O)NCCOCCOCCOCCOCCC(=O)NCC#Cc1cn([C@H]2C[C@H](O)[C@@H](COP(=O)(O)OP(=O)(O)OP(=O)(O)O)O2)c(=O)[nH]c1=O. The second kappa shape index (κ2) is 22.5. The molecule has 2 unspecified atom stereocenters. The Hall–Kier alpha value is -2.65. The molecule has 24 nitrogen and oxygen atoms in total. The molecule has 27 heteroatoms. The molecule has 2 heterocycles. The number of ether oxygens (including phenoxy) is 5. The highest BCUT2D eigenvalue weighted by Gasteiger charge is 2.43. The largest absolute Gasteiger partial charge is 0.490 e. The lowest BCUT2D eigenvalue weighted by molar-refractivity contribution is -0.122. The predicted octanol–water partition coefficient (Wildman–Crippen LogP) is -2.41. The number of H-pyrrole nitrogens is 1. The van der Waals surface area contributed by atoms with Crippen molar-refractivity contribution >= 4 is 35.3 Å². The van der Waals surface area contributed by atoms with Gasteiger partial charge in [0.05, 0.1) is 72.1 Å². The summed E-state index contributed by atoms with van der Waals surface area (Å²) in [6, 6.07) is 0. The van der Waals surface area contributed by atoms with Gasteiger partial charge in [-0.05, 0) is 0 Å². The number of rotatable bonds is 24. The van der Waals surface area contributed by atoms with E-state index in [1.165, 1.54) is 6.92 Å². The highest BCUT2D eigenvalue weighted by molar-refractivity contribution is 7.66. The normalized spacial score (nSPS) is 19.6. The van der Waals surface area contributed by atoms with Crippen LogP contribution in [0.1, 0.15) is 31.6 Å². The maximum absolute atomic E-state index is 12.4. The average Bonchev–Trinajstić information content (AvgIpc) is 3.39. The van der Waals surface area contributed by atoms with Crippen LogP contribution in [-0.4, -0.2) is 131 Å². The maximum atomic E-state index is 12.4. The third kappa shape index (κ3) is 19.4. The summed E-state index contributed by atoms with van der Waals surface area (Å²) in [4.78, 5) is 85.5. The number of amides is 2. The van der Waals surface area contributed by atoms with E-state index in [4.69, 9.17) is 33.5 Å².